The van der Waals surface area contributed by atoms with Crippen LogP contribution in [0.2, 0.25) is 5.02 Å². The number of rotatable bonds is 5. The zero-order chi connectivity index (χ0) is 13.7. The maximum Gasteiger partial charge on any atom is 0.169 e. The van der Waals surface area contributed by atoms with E-state index in [1.165, 1.54) is 0 Å². The third-order valence-corrected chi connectivity index (χ3v) is 3.09. The van der Waals surface area contributed by atoms with E-state index in [9.17, 15) is 0 Å². The van der Waals surface area contributed by atoms with Gasteiger partial charge in [0.25, 0.3) is 0 Å². The molecule has 0 aliphatic rings. The maximum atomic E-state index is 6.18. The molecular formula is C15H16ClNO2. The number of methoxy groups -OCH3 is 1. The van der Waals surface area contributed by atoms with Crippen LogP contribution >= 0.6 is 11.6 Å². The number of nitrogens with two attached hydrogens (primary N) is 1. The lowest BCUT2D eigenvalue weighted by atomic mass is 10.1. The number of hydrogen-bond donors (Lipinski definition) is 1. The third-order valence-electron chi connectivity index (χ3n) is 2.74. The molecule has 0 radical (unpaired) electrons. The van der Waals surface area contributed by atoms with Gasteiger partial charge in [-0.05, 0) is 42.8 Å². The summed E-state index contributed by atoms with van der Waals surface area (Å²) in [6.07, 6.45) is 0.758. The van der Waals surface area contributed by atoms with Crippen LogP contribution in [0.4, 0.5) is 0 Å². The van der Waals surface area contributed by atoms with Crippen LogP contribution in [0.25, 0.3) is 0 Å². The number of ether oxygens (including phenoxy) is 2. The lowest BCUT2D eigenvalue weighted by molar-refractivity contribution is 0.379. The molecule has 2 rings (SSSR count). The third kappa shape index (κ3) is 3.40. The Morgan fingerprint density at radius 1 is 1.11 bits per heavy atom. The second kappa shape index (κ2) is 6.45. The van der Waals surface area contributed by atoms with Gasteiger partial charge in [-0.1, -0.05) is 29.8 Å². The lowest BCUT2D eigenvalue weighted by Gasteiger charge is -2.11. The zero-order valence-electron chi connectivity index (χ0n) is 10.7. The van der Waals surface area contributed by atoms with Crippen molar-refractivity contribution in [2.75, 3.05) is 13.7 Å². The van der Waals surface area contributed by atoms with Crippen molar-refractivity contribution in [1.29, 1.82) is 0 Å². The van der Waals surface area contributed by atoms with Gasteiger partial charge in [-0.3, -0.25) is 0 Å². The molecule has 0 bridgehead atoms. The number of hydrogen-bond acceptors (Lipinski definition) is 3. The molecule has 2 aromatic rings. The van der Waals surface area contributed by atoms with E-state index >= 15 is 0 Å². The standard InChI is InChI=1S/C15H16ClNO2/c1-18-14-4-2-3-5-15(14)19-12-7-6-11(8-9-17)13(16)10-12/h2-7,10H,8-9,17H2,1H3. The minimum Gasteiger partial charge on any atom is -0.493 e. The van der Waals surface area contributed by atoms with Crippen LogP contribution < -0.4 is 15.2 Å². The Balaban J connectivity index is 2.21. The van der Waals surface area contributed by atoms with Crippen molar-refractivity contribution in [3.8, 4) is 17.2 Å². The van der Waals surface area contributed by atoms with Crippen LogP contribution in [0.1, 0.15) is 5.56 Å². The lowest BCUT2D eigenvalue weighted by Crippen LogP contribution is -2.03. The van der Waals surface area contributed by atoms with Crippen LogP contribution in [-0.4, -0.2) is 13.7 Å². The quantitative estimate of drug-likeness (QED) is 0.907. The van der Waals surface area contributed by atoms with Crippen molar-refractivity contribution in [3.63, 3.8) is 0 Å². The summed E-state index contributed by atoms with van der Waals surface area (Å²) in [5, 5.41) is 0.665. The summed E-state index contributed by atoms with van der Waals surface area (Å²) in [4.78, 5) is 0. The molecule has 0 unspecified atom stereocenters. The molecule has 0 atom stereocenters. The Hall–Kier alpha value is -1.71. The Morgan fingerprint density at radius 2 is 1.84 bits per heavy atom. The fourth-order valence-corrected chi connectivity index (χ4v) is 2.04. The van der Waals surface area contributed by atoms with Gasteiger partial charge >= 0.3 is 0 Å². The van der Waals surface area contributed by atoms with Crippen LogP contribution in [-0.2, 0) is 6.42 Å². The van der Waals surface area contributed by atoms with E-state index in [1.807, 2.05) is 36.4 Å². The van der Waals surface area contributed by atoms with E-state index < -0.39 is 0 Å². The maximum absolute atomic E-state index is 6.18. The Morgan fingerprint density at radius 3 is 2.47 bits per heavy atom. The molecule has 4 heteroatoms. The zero-order valence-corrected chi connectivity index (χ0v) is 11.5. The van der Waals surface area contributed by atoms with Crippen LogP contribution in [0.5, 0.6) is 17.2 Å². The topological polar surface area (TPSA) is 44.5 Å². The molecule has 2 aromatic carbocycles. The van der Waals surface area contributed by atoms with E-state index in [2.05, 4.69) is 0 Å². The monoisotopic (exact) mass is 277 g/mol. The highest BCUT2D eigenvalue weighted by atomic mass is 35.5. The predicted octanol–water partition coefficient (Wildman–Crippen LogP) is 3.64. The summed E-state index contributed by atoms with van der Waals surface area (Å²) in [7, 11) is 1.61. The first-order chi connectivity index (χ1) is 9.24. The summed E-state index contributed by atoms with van der Waals surface area (Å²) in [6, 6.07) is 13.1. The summed E-state index contributed by atoms with van der Waals surface area (Å²) < 4.78 is 11.0. The van der Waals surface area contributed by atoms with E-state index in [1.54, 1.807) is 13.2 Å². The first kappa shape index (κ1) is 13.7. The minimum atomic E-state index is 0.576. The highest BCUT2D eigenvalue weighted by molar-refractivity contribution is 6.31. The van der Waals surface area contributed by atoms with Gasteiger partial charge in [0.2, 0.25) is 0 Å². The van der Waals surface area contributed by atoms with E-state index in [-0.39, 0.29) is 0 Å². The second-order valence-electron chi connectivity index (χ2n) is 4.04. The Bertz CT molecular complexity index is 558. The Kier molecular flexibility index (Phi) is 4.66. The molecule has 100 valence electrons. The molecule has 2 N–H and O–H groups in total. The molecule has 3 nitrogen and oxygen atoms in total. The van der Waals surface area contributed by atoms with Gasteiger partial charge in [0, 0.05) is 5.02 Å². The molecule has 0 aliphatic heterocycles. The molecule has 19 heavy (non-hydrogen) atoms. The highest BCUT2D eigenvalue weighted by Crippen LogP contribution is 2.32. The fourth-order valence-electron chi connectivity index (χ4n) is 1.78. The molecular weight excluding hydrogens is 262 g/mol. The summed E-state index contributed by atoms with van der Waals surface area (Å²) in [6.45, 7) is 0.576. The van der Waals surface area contributed by atoms with Crippen molar-refractivity contribution in [3.05, 3.63) is 53.1 Å². The smallest absolute Gasteiger partial charge is 0.169 e. The van der Waals surface area contributed by atoms with Crippen molar-refractivity contribution < 1.29 is 9.47 Å². The minimum absolute atomic E-state index is 0.576. The highest BCUT2D eigenvalue weighted by Gasteiger charge is 2.06. The molecule has 0 amide bonds. The van der Waals surface area contributed by atoms with Gasteiger partial charge in [-0.15, -0.1) is 0 Å². The van der Waals surface area contributed by atoms with Crippen LogP contribution in [0.3, 0.4) is 0 Å². The summed E-state index contributed by atoms with van der Waals surface area (Å²) >= 11 is 6.18. The largest absolute Gasteiger partial charge is 0.493 e. The summed E-state index contributed by atoms with van der Waals surface area (Å²) in [5.74, 6) is 2.02. The van der Waals surface area contributed by atoms with E-state index in [0.29, 0.717) is 28.8 Å². The van der Waals surface area contributed by atoms with Gasteiger partial charge < -0.3 is 15.2 Å². The molecule has 0 saturated carbocycles. The van der Waals surface area contributed by atoms with E-state index in [0.717, 1.165) is 12.0 Å². The van der Waals surface area contributed by atoms with Gasteiger partial charge in [0.05, 0.1) is 7.11 Å². The molecule has 0 spiro atoms. The van der Waals surface area contributed by atoms with Crippen molar-refractivity contribution in [2.24, 2.45) is 5.73 Å². The number of para-hydroxylation sites is 2. The second-order valence-corrected chi connectivity index (χ2v) is 4.45. The van der Waals surface area contributed by atoms with Crippen LogP contribution in [0.15, 0.2) is 42.5 Å². The SMILES string of the molecule is COc1ccccc1Oc1ccc(CCN)c(Cl)c1. The average Bonchev–Trinajstić information content (AvgIpc) is 2.43. The van der Waals surface area contributed by atoms with Gasteiger partial charge in [-0.25, -0.2) is 0 Å². The Labute approximate surface area is 117 Å². The normalized spacial score (nSPS) is 10.3. The number of halogens is 1. The molecule has 0 fully saturated rings. The average molecular weight is 278 g/mol. The van der Waals surface area contributed by atoms with Gasteiger partial charge in [0.15, 0.2) is 11.5 Å². The van der Waals surface area contributed by atoms with Gasteiger partial charge in [0.1, 0.15) is 5.75 Å². The van der Waals surface area contributed by atoms with Crippen molar-refractivity contribution in [2.45, 2.75) is 6.42 Å². The van der Waals surface area contributed by atoms with Crippen molar-refractivity contribution >= 4 is 11.6 Å². The predicted molar refractivity (Wildman–Crippen MR) is 77.3 cm³/mol. The van der Waals surface area contributed by atoms with E-state index in [4.69, 9.17) is 26.8 Å². The first-order valence-electron chi connectivity index (χ1n) is 6.04. The summed E-state index contributed by atoms with van der Waals surface area (Å²) in [5.41, 5.74) is 6.55. The molecule has 0 heterocycles. The molecule has 0 aromatic heterocycles. The molecule has 0 saturated heterocycles. The van der Waals surface area contributed by atoms with Crippen LogP contribution in [0, 0.1) is 0 Å². The van der Waals surface area contributed by atoms with Crippen molar-refractivity contribution in [1.82, 2.24) is 0 Å². The number of benzene rings is 2. The first-order valence-corrected chi connectivity index (χ1v) is 6.41. The molecule has 0 aliphatic carbocycles. The van der Waals surface area contributed by atoms with Gasteiger partial charge in [-0.2, -0.15) is 0 Å². The fraction of sp³-hybridized carbons (Fsp3) is 0.200.